The molecule has 0 saturated heterocycles. The van der Waals surface area contributed by atoms with Crippen LogP contribution in [0.2, 0.25) is 0 Å². The van der Waals surface area contributed by atoms with E-state index in [0.717, 1.165) is 30.8 Å². The van der Waals surface area contributed by atoms with Gasteiger partial charge in [-0.3, -0.25) is 5.32 Å². The Labute approximate surface area is 172 Å². The van der Waals surface area contributed by atoms with Crippen LogP contribution in [0.4, 0.5) is 0 Å². The van der Waals surface area contributed by atoms with E-state index in [9.17, 15) is 0 Å². The highest BCUT2D eigenvalue weighted by Gasteiger charge is 2.26. The van der Waals surface area contributed by atoms with Crippen LogP contribution >= 0.6 is 0 Å². The molecule has 1 atom stereocenters. The first kappa shape index (κ1) is 19.7. The normalized spacial score (nSPS) is 16.1. The van der Waals surface area contributed by atoms with Crippen LogP contribution < -0.4 is 11.1 Å². The summed E-state index contributed by atoms with van der Waals surface area (Å²) in [6, 6.07) is 17.4. The summed E-state index contributed by atoms with van der Waals surface area (Å²) >= 11 is 0. The first-order chi connectivity index (χ1) is 14.2. The Morgan fingerprint density at radius 2 is 1.83 bits per heavy atom. The van der Waals surface area contributed by atoms with Gasteiger partial charge in [0.15, 0.2) is 5.82 Å². The van der Waals surface area contributed by atoms with Crippen molar-refractivity contribution in [3.8, 4) is 0 Å². The molecule has 0 radical (unpaired) electrons. The van der Waals surface area contributed by atoms with Crippen LogP contribution in [0.1, 0.15) is 72.3 Å². The van der Waals surface area contributed by atoms with Crippen molar-refractivity contribution in [1.82, 2.24) is 25.5 Å². The average molecular weight is 391 g/mol. The van der Waals surface area contributed by atoms with E-state index < -0.39 is 0 Å². The molecule has 1 unspecified atom stereocenters. The monoisotopic (exact) mass is 390 g/mol. The third-order valence-corrected chi connectivity index (χ3v) is 5.85. The number of rotatable bonds is 7. The molecule has 1 aliphatic carbocycles. The van der Waals surface area contributed by atoms with Crippen LogP contribution in [0, 0.1) is 6.92 Å². The maximum Gasteiger partial charge on any atom is 0.173 e. The van der Waals surface area contributed by atoms with E-state index in [2.05, 4.69) is 81.0 Å². The smallest absolute Gasteiger partial charge is 0.173 e. The molecule has 1 aliphatic rings. The van der Waals surface area contributed by atoms with Crippen molar-refractivity contribution in [2.75, 3.05) is 0 Å². The lowest BCUT2D eigenvalue weighted by molar-refractivity contribution is 0.310. The van der Waals surface area contributed by atoms with E-state index in [1.807, 2.05) is 0 Å². The lowest BCUT2D eigenvalue weighted by atomic mass is 9.95. The summed E-state index contributed by atoms with van der Waals surface area (Å²) in [5, 5.41) is 16.6. The van der Waals surface area contributed by atoms with Crippen molar-refractivity contribution in [3.05, 3.63) is 76.6 Å². The molecule has 152 valence electrons. The summed E-state index contributed by atoms with van der Waals surface area (Å²) in [6.07, 6.45) is 6.11. The second-order valence-corrected chi connectivity index (χ2v) is 8.02. The molecule has 1 heterocycles. The highest BCUT2D eigenvalue weighted by atomic mass is 15.6. The summed E-state index contributed by atoms with van der Waals surface area (Å²) in [4.78, 5) is 0. The van der Waals surface area contributed by atoms with Gasteiger partial charge in [0.2, 0.25) is 0 Å². The predicted octanol–water partition coefficient (Wildman–Crippen LogP) is 3.82. The number of hydrogen-bond donors (Lipinski definition) is 2. The van der Waals surface area contributed by atoms with Gasteiger partial charge in [-0.2, -0.15) is 0 Å². The fraction of sp³-hybridized carbons (Fsp3) is 0.435. The minimum Gasteiger partial charge on any atom is -0.326 e. The van der Waals surface area contributed by atoms with Gasteiger partial charge in [-0.25, -0.2) is 4.68 Å². The molecule has 0 aliphatic heterocycles. The Balaban J connectivity index is 1.62. The molecule has 1 aromatic heterocycles. The maximum atomic E-state index is 5.81. The molecule has 2 aromatic carbocycles. The van der Waals surface area contributed by atoms with E-state index in [4.69, 9.17) is 5.73 Å². The maximum absolute atomic E-state index is 5.81. The standard InChI is InChI=1S/C23H30N6/c1-17-10-12-20(13-11-17)22(25-16-19-7-5-6-18(14-19)15-24)23-26-27-28-29(23)21-8-3-2-4-9-21/h5-7,10-14,21-22,25H,2-4,8-9,15-16,24H2,1H3. The van der Waals surface area contributed by atoms with Crippen LogP contribution in [0.5, 0.6) is 0 Å². The summed E-state index contributed by atoms with van der Waals surface area (Å²) in [5.41, 5.74) is 10.6. The quantitative estimate of drug-likeness (QED) is 0.641. The van der Waals surface area contributed by atoms with E-state index in [1.165, 1.54) is 36.0 Å². The molecule has 6 heteroatoms. The Morgan fingerprint density at radius 1 is 1.07 bits per heavy atom. The topological polar surface area (TPSA) is 81.7 Å². The second-order valence-electron chi connectivity index (χ2n) is 8.02. The molecule has 6 nitrogen and oxygen atoms in total. The van der Waals surface area contributed by atoms with Crippen LogP contribution in [0.25, 0.3) is 0 Å². The molecule has 1 saturated carbocycles. The Bertz CT molecular complexity index is 911. The highest BCUT2D eigenvalue weighted by molar-refractivity contribution is 5.29. The lowest BCUT2D eigenvalue weighted by Crippen LogP contribution is -2.28. The number of hydrogen-bond acceptors (Lipinski definition) is 5. The van der Waals surface area contributed by atoms with Crippen molar-refractivity contribution in [2.24, 2.45) is 5.73 Å². The van der Waals surface area contributed by atoms with Gasteiger partial charge in [0.25, 0.3) is 0 Å². The summed E-state index contributed by atoms with van der Waals surface area (Å²) in [7, 11) is 0. The molecule has 29 heavy (non-hydrogen) atoms. The lowest BCUT2D eigenvalue weighted by Gasteiger charge is -2.25. The fourth-order valence-electron chi connectivity index (χ4n) is 4.18. The Morgan fingerprint density at radius 3 is 2.59 bits per heavy atom. The van der Waals surface area contributed by atoms with Crippen molar-refractivity contribution in [3.63, 3.8) is 0 Å². The number of nitrogens with zero attached hydrogens (tertiary/aromatic N) is 4. The first-order valence-corrected chi connectivity index (χ1v) is 10.6. The van der Waals surface area contributed by atoms with Crippen molar-refractivity contribution >= 4 is 0 Å². The zero-order valence-electron chi connectivity index (χ0n) is 17.1. The van der Waals surface area contributed by atoms with E-state index in [0.29, 0.717) is 12.6 Å². The number of aryl methyl sites for hydroxylation is 1. The third-order valence-electron chi connectivity index (χ3n) is 5.85. The van der Waals surface area contributed by atoms with Crippen molar-refractivity contribution in [2.45, 2.75) is 64.2 Å². The molecule has 0 bridgehead atoms. The Hall–Kier alpha value is -2.57. The average Bonchev–Trinajstić information content (AvgIpc) is 3.25. The van der Waals surface area contributed by atoms with E-state index in [-0.39, 0.29) is 6.04 Å². The number of tetrazole rings is 1. The molecule has 1 fully saturated rings. The van der Waals surface area contributed by atoms with Crippen LogP contribution in [0.3, 0.4) is 0 Å². The van der Waals surface area contributed by atoms with Crippen LogP contribution in [0.15, 0.2) is 48.5 Å². The number of benzene rings is 2. The summed E-state index contributed by atoms with van der Waals surface area (Å²) < 4.78 is 2.06. The van der Waals surface area contributed by atoms with Gasteiger partial charge in [-0.1, -0.05) is 73.4 Å². The summed E-state index contributed by atoms with van der Waals surface area (Å²) in [5.74, 6) is 0.899. The summed E-state index contributed by atoms with van der Waals surface area (Å²) in [6.45, 7) is 3.38. The molecular weight excluding hydrogens is 360 g/mol. The van der Waals surface area contributed by atoms with E-state index in [1.54, 1.807) is 0 Å². The molecule has 0 amide bonds. The van der Waals surface area contributed by atoms with Gasteiger partial charge < -0.3 is 5.73 Å². The van der Waals surface area contributed by atoms with Gasteiger partial charge in [0.1, 0.15) is 0 Å². The van der Waals surface area contributed by atoms with Crippen LogP contribution in [-0.4, -0.2) is 20.2 Å². The van der Waals surface area contributed by atoms with Crippen molar-refractivity contribution < 1.29 is 0 Å². The highest BCUT2D eigenvalue weighted by Crippen LogP contribution is 2.31. The second kappa shape index (κ2) is 9.29. The Kier molecular flexibility index (Phi) is 6.32. The number of nitrogens with one attached hydrogen (secondary N) is 1. The molecule has 4 rings (SSSR count). The number of nitrogens with two attached hydrogens (primary N) is 1. The fourth-order valence-corrected chi connectivity index (χ4v) is 4.18. The predicted molar refractivity (Wildman–Crippen MR) is 114 cm³/mol. The minimum absolute atomic E-state index is 0.0611. The van der Waals surface area contributed by atoms with Gasteiger partial charge in [-0.05, 0) is 46.9 Å². The first-order valence-electron chi connectivity index (χ1n) is 10.6. The van der Waals surface area contributed by atoms with E-state index >= 15 is 0 Å². The van der Waals surface area contributed by atoms with Gasteiger partial charge >= 0.3 is 0 Å². The molecule has 3 N–H and O–H groups in total. The molecular formula is C23H30N6. The zero-order valence-corrected chi connectivity index (χ0v) is 17.1. The van der Waals surface area contributed by atoms with Gasteiger partial charge in [0.05, 0.1) is 12.1 Å². The van der Waals surface area contributed by atoms with Gasteiger partial charge in [0, 0.05) is 13.1 Å². The van der Waals surface area contributed by atoms with Crippen LogP contribution in [-0.2, 0) is 13.1 Å². The zero-order chi connectivity index (χ0) is 20.1. The third kappa shape index (κ3) is 4.71. The number of aromatic nitrogens is 4. The molecule has 3 aromatic rings. The van der Waals surface area contributed by atoms with Gasteiger partial charge in [-0.15, -0.1) is 5.10 Å². The molecule has 0 spiro atoms. The largest absolute Gasteiger partial charge is 0.326 e. The SMILES string of the molecule is Cc1ccc(C(NCc2cccc(CN)c2)c2nnnn2C2CCCCC2)cc1. The minimum atomic E-state index is -0.0611. The van der Waals surface area contributed by atoms with Crippen molar-refractivity contribution in [1.29, 1.82) is 0 Å².